The van der Waals surface area contributed by atoms with Crippen LogP contribution < -0.4 is 11.1 Å². The van der Waals surface area contributed by atoms with Crippen LogP contribution in [0.3, 0.4) is 0 Å². The van der Waals surface area contributed by atoms with Gasteiger partial charge in [0.1, 0.15) is 11.6 Å². The molecule has 39 heavy (non-hydrogen) atoms. The van der Waals surface area contributed by atoms with E-state index in [9.17, 15) is 23.5 Å². The summed E-state index contributed by atoms with van der Waals surface area (Å²) in [4.78, 5) is 28.6. The van der Waals surface area contributed by atoms with Crippen molar-refractivity contribution in [3.63, 3.8) is 0 Å². The number of benzene rings is 1. The summed E-state index contributed by atoms with van der Waals surface area (Å²) < 4.78 is 34.1. The first-order chi connectivity index (χ1) is 18.6. The molecule has 1 fully saturated rings. The number of hydrogen-bond donors (Lipinski definition) is 3. The van der Waals surface area contributed by atoms with Crippen molar-refractivity contribution in [2.75, 3.05) is 32.8 Å². The van der Waals surface area contributed by atoms with Crippen LogP contribution in [0.15, 0.2) is 41.5 Å². The molecule has 0 aromatic heterocycles. The molecule has 0 radical (unpaired) electrons. The third-order valence-electron chi connectivity index (χ3n) is 7.61. The van der Waals surface area contributed by atoms with Gasteiger partial charge in [-0.3, -0.25) is 9.59 Å². The average Bonchev–Trinajstić information content (AvgIpc) is 3.39. The number of nitrogens with zero attached hydrogens (tertiary/aromatic N) is 1. The van der Waals surface area contributed by atoms with Gasteiger partial charge >= 0.3 is 0 Å². The molecule has 1 aliphatic heterocycles. The Bertz CT molecular complexity index is 1040. The molecule has 7 nitrogen and oxygen atoms in total. The number of nitrogens with two attached hydrogens (primary N) is 1. The normalized spacial score (nSPS) is 22.7. The van der Waals surface area contributed by atoms with Crippen LogP contribution in [0.5, 0.6) is 0 Å². The zero-order chi connectivity index (χ0) is 28.6. The summed E-state index contributed by atoms with van der Waals surface area (Å²) in [6, 6.07) is 3.24. The lowest BCUT2D eigenvalue weighted by Gasteiger charge is -2.45. The molecule has 2 aliphatic rings. The van der Waals surface area contributed by atoms with Gasteiger partial charge in [-0.2, -0.15) is 0 Å². The average molecular weight is 548 g/mol. The summed E-state index contributed by atoms with van der Waals surface area (Å²) in [6.45, 7) is 8.15. The van der Waals surface area contributed by atoms with E-state index in [2.05, 4.69) is 5.32 Å². The molecule has 0 saturated carbocycles. The zero-order valence-corrected chi connectivity index (χ0v) is 23.3. The van der Waals surface area contributed by atoms with Gasteiger partial charge in [-0.25, -0.2) is 8.78 Å². The highest BCUT2D eigenvalue weighted by Gasteiger charge is 2.50. The Morgan fingerprint density at radius 2 is 1.87 bits per heavy atom. The van der Waals surface area contributed by atoms with Crippen LogP contribution in [-0.2, 0) is 20.7 Å². The minimum Gasteiger partial charge on any atom is -0.391 e. The fourth-order valence-corrected chi connectivity index (χ4v) is 5.97. The Labute approximate surface area is 230 Å². The second-order valence-electron chi connectivity index (χ2n) is 10.9. The SMILES string of the molecule is CCCN(CCC)C(=O)C1([C@H](Cc2cc(F)cc(F)c2)[C@@H](O)CNCC2CCCO2)C=C(C)C=C(C(N)=O)C1. The maximum atomic E-state index is 14.5. The number of halogens is 2. The van der Waals surface area contributed by atoms with Crippen LogP contribution in [0.2, 0.25) is 0 Å². The number of primary amides is 1. The molecule has 216 valence electrons. The topological polar surface area (TPSA) is 105 Å². The van der Waals surface area contributed by atoms with E-state index in [1.807, 2.05) is 19.9 Å². The highest BCUT2D eigenvalue weighted by Crippen LogP contribution is 2.45. The molecule has 4 N–H and O–H groups in total. The summed E-state index contributed by atoms with van der Waals surface area (Å²) in [5.41, 5.74) is 5.65. The lowest BCUT2D eigenvalue weighted by molar-refractivity contribution is -0.145. The van der Waals surface area contributed by atoms with Gasteiger partial charge in [0.15, 0.2) is 0 Å². The largest absolute Gasteiger partial charge is 0.391 e. The van der Waals surface area contributed by atoms with E-state index in [1.54, 1.807) is 17.9 Å². The van der Waals surface area contributed by atoms with E-state index in [0.717, 1.165) is 31.7 Å². The molecule has 2 amide bonds. The molecule has 1 aromatic rings. The third-order valence-corrected chi connectivity index (χ3v) is 7.61. The van der Waals surface area contributed by atoms with Gasteiger partial charge in [-0.05, 0) is 63.1 Å². The lowest BCUT2D eigenvalue weighted by Crippen LogP contribution is -2.54. The number of rotatable bonds is 14. The fourth-order valence-electron chi connectivity index (χ4n) is 5.97. The second-order valence-corrected chi connectivity index (χ2v) is 10.9. The number of amides is 2. The number of aliphatic hydroxyl groups is 1. The maximum Gasteiger partial charge on any atom is 0.244 e. The van der Waals surface area contributed by atoms with Crippen molar-refractivity contribution in [2.24, 2.45) is 17.1 Å². The Morgan fingerprint density at radius 3 is 2.44 bits per heavy atom. The predicted octanol–water partition coefficient (Wildman–Crippen LogP) is 3.65. The minimum absolute atomic E-state index is 0.00625. The minimum atomic E-state index is -1.35. The van der Waals surface area contributed by atoms with Gasteiger partial charge in [0, 0.05) is 50.3 Å². The highest BCUT2D eigenvalue weighted by atomic mass is 19.1. The van der Waals surface area contributed by atoms with Gasteiger partial charge < -0.3 is 25.8 Å². The van der Waals surface area contributed by atoms with Crippen molar-refractivity contribution in [1.29, 1.82) is 0 Å². The van der Waals surface area contributed by atoms with E-state index in [0.29, 0.717) is 37.4 Å². The molecule has 1 saturated heterocycles. The molecule has 1 aromatic carbocycles. The van der Waals surface area contributed by atoms with Crippen molar-refractivity contribution in [2.45, 2.75) is 71.5 Å². The fraction of sp³-hybridized carbons (Fsp3) is 0.600. The van der Waals surface area contributed by atoms with Crippen LogP contribution in [0, 0.1) is 23.0 Å². The molecule has 3 rings (SSSR count). The Kier molecular flexibility index (Phi) is 11.2. The van der Waals surface area contributed by atoms with Crippen molar-refractivity contribution < 1.29 is 28.2 Å². The number of allylic oxidation sites excluding steroid dienone is 2. The lowest BCUT2D eigenvalue weighted by atomic mass is 9.63. The summed E-state index contributed by atoms with van der Waals surface area (Å²) in [5, 5.41) is 14.9. The Balaban J connectivity index is 2.07. The van der Waals surface area contributed by atoms with Crippen molar-refractivity contribution in [3.8, 4) is 0 Å². The summed E-state index contributed by atoms with van der Waals surface area (Å²) in [5.74, 6) is -3.14. The van der Waals surface area contributed by atoms with E-state index in [-0.39, 0.29) is 37.0 Å². The molecule has 1 heterocycles. The highest BCUT2D eigenvalue weighted by molar-refractivity contribution is 5.96. The van der Waals surface area contributed by atoms with E-state index < -0.39 is 35.0 Å². The van der Waals surface area contributed by atoms with Crippen LogP contribution in [0.25, 0.3) is 0 Å². The van der Waals surface area contributed by atoms with Gasteiger partial charge in [0.2, 0.25) is 11.8 Å². The van der Waals surface area contributed by atoms with Crippen LogP contribution >= 0.6 is 0 Å². The van der Waals surface area contributed by atoms with Crippen LogP contribution in [-0.4, -0.2) is 66.8 Å². The number of nitrogens with one attached hydrogen (secondary N) is 1. The number of ether oxygens (including phenoxy) is 1. The Hall–Kier alpha value is -2.62. The first-order valence-corrected chi connectivity index (χ1v) is 14.0. The number of hydrogen-bond acceptors (Lipinski definition) is 5. The molecule has 4 atom stereocenters. The number of carbonyl (C=O) groups excluding carboxylic acids is 2. The summed E-state index contributed by atoms with van der Waals surface area (Å²) >= 11 is 0. The number of carbonyl (C=O) groups is 2. The maximum absolute atomic E-state index is 14.5. The monoisotopic (exact) mass is 547 g/mol. The number of aliphatic hydroxyl groups excluding tert-OH is 1. The van der Waals surface area contributed by atoms with Crippen molar-refractivity contribution in [3.05, 3.63) is 58.7 Å². The van der Waals surface area contributed by atoms with Crippen LogP contribution in [0.1, 0.15) is 58.4 Å². The molecule has 9 heteroatoms. The van der Waals surface area contributed by atoms with Gasteiger partial charge in [-0.1, -0.05) is 31.6 Å². The molecule has 2 unspecified atom stereocenters. The van der Waals surface area contributed by atoms with Crippen molar-refractivity contribution >= 4 is 11.8 Å². The Morgan fingerprint density at radius 1 is 1.21 bits per heavy atom. The molecule has 1 aliphatic carbocycles. The van der Waals surface area contributed by atoms with E-state index in [1.165, 1.54) is 12.1 Å². The third kappa shape index (κ3) is 7.96. The molecule has 0 spiro atoms. The van der Waals surface area contributed by atoms with Gasteiger partial charge in [0.25, 0.3) is 0 Å². The second kappa shape index (κ2) is 14.1. The van der Waals surface area contributed by atoms with Gasteiger partial charge in [0.05, 0.1) is 17.6 Å². The first kappa shape index (κ1) is 30.9. The zero-order valence-electron chi connectivity index (χ0n) is 23.3. The smallest absolute Gasteiger partial charge is 0.244 e. The van der Waals surface area contributed by atoms with E-state index in [4.69, 9.17) is 10.5 Å². The predicted molar refractivity (Wildman–Crippen MR) is 147 cm³/mol. The summed E-state index contributed by atoms with van der Waals surface area (Å²) in [7, 11) is 0. The summed E-state index contributed by atoms with van der Waals surface area (Å²) in [6.07, 6.45) is 5.83. The van der Waals surface area contributed by atoms with E-state index >= 15 is 0 Å². The first-order valence-electron chi connectivity index (χ1n) is 14.0. The standard InChI is InChI=1S/C30H43F2N3O4/c1-4-8-35(9-5-2)29(38)30(16-20(3)11-22(17-30)28(33)37)26(14-21-12-23(31)15-24(32)13-21)27(36)19-34-18-25-7-6-10-39-25/h11-13,15-16,25-27,34,36H,4-10,14,17-19H2,1-3H3,(H2,33,37)/t25?,26-,27+,30?/m1/s1. The van der Waals surface area contributed by atoms with Gasteiger partial charge in [-0.15, -0.1) is 0 Å². The molecular weight excluding hydrogens is 504 g/mol. The van der Waals surface area contributed by atoms with Crippen LogP contribution in [0.4, 0.5) is 8.78 Å². The van der Waals surface area contributed by atoms with Crippen molar-refractivity contribution in [1.82, 2.24) is 10.2 Å². The molecule has 0 bridgehead atoms. The quantitative estimate of drug-likeness (QED) is 0.330. The molecular formula is C30H43F2N3O4.